The molecule has 0 aliphatic carbocycles. The molecule has 13 heavy (non-hydrogen) atoms. The molecule has 0 atom stereocenters. The molecule has 6 heteroatoms. The molecule has 0 fully saturated rings. The van der Waals surface area contributed by atoms with Crippen LogP contribution in [0.5, 0.6) is 0 Å². The number of halogens is 1. The predicted molar refractivity (Wildman–Crippen MR) is 53.0 cm³/mol. The first-order chi connectivity index (χ1) is 5.88. The van der Waals surface area contributed by atoms with Crippen molar-refractivity contribution in [2.45, 2.75) is 32.4 Å². The number of aliphatic hydroxyl groups is 1. The van der Waals surface area contributed by atoms with E-state index >= 15 is 0 Å². The highest BCUT2D eigenvalue weighted by Crippen LogP contribution is 2.13. The zero-order valence-corrected chi connectivity index (χ0v) is 9.24. The monoisotopic (exact) mass is 248 g/mol. The standard InChI is InChI=1S/C7H13BrN4O/c1-7(2,13)3-4-12-5(8)10-6(9)11-12/h13H,3-4H2,1-2H3,(H2,9,11). The molecule has 0 aromatic carbocycles. The molecule has 0 unspecified atom stereocenters. The lowest BCUT2D eigenvalue weighted by atomic mass is 10.1. The van der Waals surface area contributed by atoms with Crippen LogP contribution in [0.15, 0.2) is 4.73 Å². The van der Waals surface area contributed by atoms with E-state index in [1.54, 1.807) is 18.5 Å². The molecule has 0 amide bonds. The summed E-state index contributed by atoms with van der Waals surface area (Å²) in [5.74, 6) is 0.239. The molecule has 0 spiro atoms. The number of hydrogen-bond donors (Lipinski definition) is 2. The molecule has 3 N–H and O–H groups in total. The van der Waals surface area contributed by atoms with E-state index in [4.69, 9.17) is 5.73 Å². The molecular weight excluding hydrogens is 236 g/mol. The number of aromatic nitrogens is 3. The lowest BCUT2D eigenvalue weighted by molar-refractivity contribution is 0.0649. The number of hydrogen-bond acceptors (Lipinski definition) is 4. The van der Waals surface area contributed by atoms with Crippen molar-refractivity contribution in [1.82, 2.24) is 14.8 Å². The highest BCUT2D eigenvalue weighted by Gasteiger charge is 2.14. The van der Waals surface area contributed by atoms with Gasteiger partial charge in [-0.15, -0.1) is 5.10 Å². The van der Waals surface area contributed by atoms with Crippen molar-refractivity contribution in [3.63, 3.8) is 0 Å². The third-order valence-electron chi connectivity index (χ3n) is 1.58. The average molecular weight is 249 g/mol. The number of rotatable bonds is 3. The number of nitrogens with two attached hydrogens (primary N) is 1. The van der Waals surface area contributed by atoms with E-state index in [-0.39, 0.29) is 5.95 Å². The van der Waals surface area contributed by atoms with Crippen LogP contribution >= 0.6 is 15.9 Å². The van der Waals surface area contributed by atoms with Crippen LogP contribution in [0.3, 0.4) is 0 Å². The molecular formula is C7H13BrN4O. The Morgan fingerprint density at radius 3 is 2.62 bits per heavy atom. The second kappa shape index (κ2) is 3.63. The van der Waals surface area contributed by atoms with Crippen LogP contribution < -0.4 is 5.73 Å². The quantitative estimate of drug-likeness (QED) is 0.830. The Kier molecular flexibility index (Phi) is 2.92. The van der Waals surface area contributed by atoms with Gasteiger partial charge in [0.25, 0.3) is 0 Å². The minimum atomic E-state index is -0.694. The van der Waals surface area contributed by atoms with E-state index in [1.807, 2.05) is 0 Å². The predicted octanol–water partition coefficient (Wildman–Crippen LogP) is 0.784. The van der Waals surface area contributed by atoms with Crippen LogP contribution in [0, 0.1) is 0 Å². The summed E-state index contributed by atoms with van der Waals surface area (Å²) < 4.78 is 2.21. The molecule has 5 nitrogen and oxygen atoms in total. The van der Waals surface area contributed by atoms with Gasteiger partial charge in [-0.3, -0.25) is 0 Å². The molecule has 74 valence electrons. The number of nitrogen functional groups attached to an aromatic ring is 1. The van der Waals surface area contributed by atoms with Gasteiger partial charge in [-0.1, -0.05) is 0 Å². The van der Waals surface area contributed by atoms with Gasteiger partial charge in [0.05, 0.1) is 5.60 Å². The molecule has 1 aromatic heterocycles. The Labute approximate surface area is 85.1 Å². The SMILES string of the molecule is CC(C)(O)CCn1nc(N)nc1Br. The maximum Gasteiger partial charge on any atom is 0.240 e. The van der Waals surface area contributed by atoms with E-state index in [0.717, 1.165) is 0 Å². The number of aryl methyl sites for hydroxylation is 1. The third-order valence-corrected chi connectivity index (χ3v) is 2.17. The van der Waals surface area contributed by atoms with Gasteiger partial charge < -0.3 is 10.8 Å². The molecule has 0 aliphatic rings. The normalized spacial score (nSPS) is 12.0. The summed E-state index contributed by atoms with van der Waals surface area (Å²) in [5.41, 5.74) is 4.69. The van der Waals surface area contributed by atoms with Crippen molar-refractivity contribution in [1.29, 1.82) is 0 Å². The second-order valence-electron chi connectivity index (χ2n) is 3.52. The van der Waals surface area contributed by atoms with E-state index in [9.17, 15) is 5.11 Å². The van der Waals surface area contributed by atoms with E-state index in [0.29, 0.717) is 17.7 Å². The Morgan fingerprint density at radius 2 is 2.23 bits per heavy atom. The first kappa shape index (κ1) is 10.5. The zero-order chi connectivity index (χ0) is 10.1. The summed E-state index contributed by atoms with van der Waals surface area (Å²) >= 11 is 3.21. The Bertz CT molecular complexity index is 291. The van der Waals surface area contributed by atoms with Crippen molar-refractivity contribution in [2.75, 3.05) is 5.73 Å². The fraction of sp³-hybridized carbons (Fsp3) is 0.714. The highest BCUT2D eigenvalue weighted by atomic mass is 79.9. The van der Waals surface area contributed by atoms with Crippen molar-refractivity contribution in [3.05, 3.63) is 4.73 Å². The fourth-order valence-corrected chi connectivity index (χ4v) is 1.30. The summed E-state index contributed by atoms with van der Waals surface area (Å²) in [4.78, 5) is 3.88. The van der Waals surface area contributed by atoms with Gasteiger partial charge in [0.1, 0.15) is 0 Å². The summed E-state index contributed by atoms with van der Waals surface area (Å²) in [5, 5.41) is 13.4. The third kappa shape index (κ3) is 3.31. The van der Waals surface area contributed by atoms with Crippen LogP contribution in [-0.4, -0.2) is 25.5 Å². The molecule has 0 aliphatic heterocycles. The van der Waals surface area contributed by atoms with Crippen LogP contribution in [0.2, 0.25) is 0 Å². The summed E-state index contributed by atoms with van der Waals surface area (Å²) in [6.07, 6.45) is 0.606. The van der Waals surface area contributed by atoms with Gasteiger partial charge in [0.2, 0.25) is 5.95 Å². The first-order valence-electron chi connectivity index (χ1n) is 3.97. The molecule has 0 radical (unpaired) electrons. The van der Waals surface area contributed by atoms with Crippen molar-refractivity contribution in [3.8, 4) is 0 Å². The summed E-state index contributed by atoms with van der Waals surface area (Å²) in [7, 11) is 0. The van der Waals surface area contributed by atoms with E-state index in [1.165, 1.54) is 0 Å². The van der Waals surface area contributed by atoms with Crippen LogP contribution in [-0.2, 0) is 6.54 Å². The molecule has 0 saturated carbocycles. The highest BCUT2D eigenvalue weighted by molar-refractivity contribution is 9.10. The number of anilines is 1. The Morgan fingerprint density at radius 1 is 1.62 bits per heavy atom. The summed E-state index contributed by atoms with van der Waals surface area (Å²) in [6, 6.07) is 0. The van der Waals surface area contributed by atoms with Crippen LogP contribution in [0.25, 0.3) is 0 Å². The molecule has 1 aromatic rings. The fourth-order valence-electron chi connectivity index (χ4n) is 0.861. The van der Waals surface area contributed by atoms with E-state index < -0.39 is 5.60 Å². The first-order valence-corrected chi connectivity index (χ1v) is 4.76. The van der Waals surface area contributed by atoms with Gasteiger partial charge in [0, 0.05) is 6.54 Å². The second-order valence-corrected chi connectivity index (χ2v) is 4.23. The van der Waals surface area contributed by atoms with Crippen molar-refractivity contribution < 1.29 is 5.11 Å². The minimum Gasteiger partial charge on any atom is -0.390 e. The molecule has 0 saturated heterocycles. The van der Waals surface area contributed by atoms with Gasteiger partial charge in [-0.25, -0.2) is 4.68 Å². The van der Waals surface area contributed by atoms with Gasteiger partial charge in [0.15, 0.2) is 4.73 Å². The van der Waals surface area contributed by atoms with Gasteiger partial charge >= 0.3 is 0 Å². The van der Waals surface area contributed by atoms with Gasteiger partial charge in [-0.05, 0) is 36.2 Å². The average Bonchev–Trinajstić information content (AvgIpc) is 2.24. The van der Waals surface area contributed by atoms with Crippen molar-refractivity contribution in [2.24, 2.45) is 0 Å². The van der Waals surface area contributed by atoms with Gasteiger partial charge in [-0.2, -0.15) is 4.98 Å². The summed E-state index contributed by atoms with van der Waals surface area (Å²) in [6.45, 7) is 4.09. The van der Waals surface area contributed by atoms with Crippen LogP contribution in [0.4, 0.5) is 5.95 Å². The molecule has 1 heterocycles. The number of nitrogens with zero attached hydrogens (tertiary/aromatic N) is 3. The van der Waals surface area contributed by atoms with Crippen molar-refractivity contribution >= 4 is 21.9 Å². The topological polar surface area (TPSA) is 77.0 Å². The Balaban J connectivity index is 2.59. The molecule has 0 bridgehead atoms. The largest absolute Gasteiger partial charge is 0.390 e. The van der Waals surface area contributed by atoms with Crippen LogP contribution in [0.1, 0.15) is 20.3 Å². The lowest BCUT2D eigenvalue weighted by Crippen LogP contribution is -2.21. The Hall–Kier alpha value is -0.620. The lowest BCUT2D eigenvalue weighted by Gasteiger charge is -2.16. The maximum atomic E-state index is 9.47. The maximum absolute atomic E-state index is 9.47. The smallest absolute Gasteiger partial charge is 0.240 e. The minimum absolute atomic E-state index is 0.239. The zero-order valence-electron chi connectivity index (χ0n) is 7.66. The molecule has 1 rings (SSSR count). The van der Waals surface area contributed by atoms with E-state index in [2.05, 4.69) is 26.0 Å².